The molecule has 0 spiro atoms. The van der Waals surface area contributed by atoms with E-state index < -0.39 is 53.1 Å². The van der Waals surface area contributed by atoms with E-state index in [2.05, 4.69) is 15.4 Å². The number of nitrogens with zero attached hydrogens (tertiary/aromatic N) is 1. The van der Waals surface area contributed by atoms with Gasteiger partial charge in [-0.25, -0.2) is 4.39 Å². The van der Waals surface area contributed by atoms with Gasteiger partial charge in [0, 0.05) is 17.2 Å². The number of hydrogen-bond donors (Lipinski definition) is 2. The quantitative estimate of drug-likeness (QED) is 0.384. The maximum absolute atomic E-state index is 13.6. The molecule has 29 heavy (non-hydrogen) atoms. The number of benzene rings is 2. The molecule has 0 aliphatic carbocycles. The Morgan fingerprint density at radius 1 is 1.14 bits per heavy atom. The van der Waals surface area contributed by atoms with Crippen molar-refractivity contribution >= 4 is 52.4 Å². The third-order valence-electron chi connectivity index (χ3n) is 3.37. The number of esters is 1. The predicted octanol–water partition coefficient (Wildman–Crippen LogP) is 2.95. The first-order chi connectivity index (χ1) is 13.7. The fourth-order valence-electron chi connectivity index (χ4n) is 2.03. The number of ether oxygens (including phenoxy) is 1. The smallest absolute Gasteiger partial charge is 0.325 e. The van der Waals surface area contributed by atoms with Crippen LogP contribution in [0.3, 0.4) is 0 Å². The Hall–Kier alpha value is -3.24. The van der Waals surface area contributed by atoms with E-state index in [0.717, 1.165) is 18.2 Å². The zero-order valence-electron chi connectivity index (χ0n) is 14.4. The van der Waals surface area contributed by atoms with Gasteiger partial charge in [0.15, 0.2) is 6.61 Å². The highest BCUT2D eigenvalue weighted by Crippen LogP contribution is 2.21. The van der Waals surface area contributed by atoms with Gasteiger partial charge in [0.1, 0.15) is 12.4 Å². The van der Waals surface area contributed by atoms with Crippen LogP contribution in [0.1, 0.15) is 10.4 Å². The lowest BCUT2D eigenvalue weighted by Gasteiger charge is -2.09. The molecule has 2 aromatic rings. The summed E-state index contributed by atoms with van der Waals surface area (Å²) in [5, 5.41) is 15.4. The lowest BCUT2D eigenvalue weighted by atomic mass is 10.2. The summed E-state index contributed by atoms with van der Waals surface area (Å²) < 4.78 is 18.3. The molecule has 0 aliphatic rings. The van der Waals surface area contributed by atoms with E-state index in [9.17, 15) is 28.9 Å². The second kappa shape index (κ2) is 9.80. The van der Waals surface area contributed by atoms with Gasteiger partial charge in [-0.2, -0.15) is 0 Å². The maximum atomic E-state index is 13.6. The molecule has 0 aromatic heterocycles. The third kappa shape index (κ3) is 6.40. The van der Waals surface area contributed by atoms with E-state index >= 15 is 0 Å². The van der Waals surface area contributed by atoms with Crippen molar-refractivity contribution in [3.63, 3.8) is 0 Å². The van der Waals surface area contributed by atoms with E-state index in [1.807, 2.05) is 0 Å². The molecular formula is C17H12Cl2FN3O6. The van der Waals surface area contributed by atoms with Crippen molar-refractivity contribution in [2.24, 2.45) is 0 Å². The van der Waals surface area contributed by atoms with Crippen LogP contribution in [0.5, 0.6) is 0 Å². The fraction of sp³-hybridized carbons (Fsp3) is 0.118. The van der Waals surface area contributed by atoms with Crippen molar-refractivity contribution in [1.29, 1.82) is 0 Å². The zero-order valence-corrected chi connectivity index (χ0v) is 15.9. The van der Waals surface area contributed by atoms with Crippen LogP contribution in [0.2, 0.25) is 10.0 Å². The minimum absolute atomic E-state index is 0.0849. The van der Waals surface area contributed by atoms with Gasteiger partial charge in [-0.15, -0.1) is 0 Å². The Kier molecular flexibility index (Phi) is 7.46. The third-order valence-corrected chi connectivity index (χ3v) is 3.92. The van der Waals surface area contributed by atoms with Gasteiger partial charge in [-0.1, -0.05) is 23.2 Å². The standard InChI is InChI=1S/C17H12Cl2FN3O6/c18-9-1-3-11(12(19)5-9)17(26)21-7-16(25)29-8-15(24)22-14-6-10(23(27)28)2-4-13(14)20/h1-6H,7-8H2,(H,21,26)(H,22,24). The highest BCUT2D eigenvalue weighted by Gasteiger charge is 2.16. The topological polar surface area (TPSA) is 128 Å². The summed E-state index contributed by atoms with van der Waals surface area (Å²) >= 11 is 11.6. The molecule has 0 saturated carbocycles. The summed E-state index contributed by atoms with van der Waals surface area (Å²) in [5.41, 5.74) is -0.782. The first-order valence-corrected chi connectivity index (χ1v) is 8.55. The van der Waals surface area contributed by atoms with Gasteiger partial charge in [0.2, 0.25) is 0 Å². The Morgan fingerprint density at radius 2 is 1.86 bits per heavy atom. The van der Waals surface area contributed by atoms with Gasteiger partial charge >= 0.3 is 5.97 Å². The normalized spacial score (nSPS) is 10.2. The zero-order chi connectivity index (χ0) is 21.6. The number of nitrogens with one attached hydrogen (secondary N) is 2. The predicted molar refractivity (Wildman–Crippen MR) is 101 cm³/mol. The fourth-order valence-corrected chi connectivity index (χ4v) is 2.52. The van der Waals surface area contributed by atoms with Crippen molar-refractivity contribution in [2.45, 2.75) is 0 Å². The highest BCUT2D eigenvalue weighted by atomic mass is 35.5. The number of anilines is 1. The van der Waals surface area contributed by atoms with Crippen LogP contribution < -0.4 is 10.6 Å². The Morgan fingerprint density at radius 3 is 2.52 bits per heavy atom. The van der Waals surface area contributed by atoms with Crippen molar-refractivity contribution in [1.82, 2.24) is 5.32 Å². The van der Waals surface area contributed by atoms with Gasteiger partial charge in [0.25, 0.3) is 17.5 Å². The monoisotopic (exact) mass is 443 g/mol. The average Bonchev–Trinajstić information content (AvgIpc) is 2.66. The van der Waals surface area contributed by atoms with Crippen molar-refractivity contribution in [3.8, 4) is 0 Å². The number of non-ortho nitro benzene ring substituents is 1. The van der Waals surface area contributed by atoms with E-state index in [4.69, 9.17) is 23.2 Å². The Balaban J connectivity index is 1.83. The maximum Gasteiger partial charge on any atom is 0.325 e. The van der Waals surface area contributed by atoms with E-state index in [1.165, 1.54) is 18.2 Å². The number of carbonyl (C=O) groups excluding carboxylic acids is 3. The molecule has 0 saturated heterocycles. The molecule has 2 N–H and O–H groups in total. The second-order valence-electron chi connectivity index (χ2n) is 5.44. The summed E-state index contributed by atoms with van der Waals surface area (Å²) in [7, 11) is 0. The van der Waals surface area contributed by atoms with Gasteiger partial charge in [-0.05, 0) is 24.3 Å². The van der Waals surface area contributed by atoms with Crippen LogP contribution in [0.15, 0.2) is 36.4 Å². The van der Waals surface area contributed by atoms with Crippen LogP contribution in [-0.4, -0.2) is 35.9 Å². The minimum atomic E-state index is -0.946. The average molecular weight is 444 g/mol. The summed E-state index contributed by atoms with van der Waals surface area (Å²) in [4.78, 5) is 45.3. The highest BCUT2D eigenvalue weighted by molar-refractivity contribution is 6.36. The molecule has 0 atom stereocenters. The van der Waals surface area contributed by atoms with Crippen LogP contribution in [0, 0.1) is 15.9 Å². The van der Waals surface area contributed by atoms with E-state index in [1.54, 1.807) is 0 Å². The molecule has 0 unspecified atom stereocenters. The first-order valence-electron chi connectivity index (χ1n) is 7.80. The van der Waals surface area contributed by atoms with Gasteiger partial charge in [-0.3, -0.25) is 24.5 Å². The molecule has 0 bridgehead atoms. The number of rotatable bonds is 7. The molecule has 0 fully saturated rings. The molecule has 2 rings (SSSR count). The van der Waals surface area contributed by atoms with E-state index in [0.29, 0.717) is 5.02 Å². The molecular weight excluding hydrogens is 432 g/mol. The van der Waals surface area contributed by atoms with Gasteiger partial charge < -0.3 is 15.4 Å². The Labute approximate surface area is 172 Å². The van der Waals surface area contributed by atoms with E-state index in [-0.39, 0.29) is 10.6 Å². The van der Waals surface area contributed by atoms with Crippen LogP contribution >= 0.6 is 23.2 Å². The molecule has 12 heteroatoms. The Bertz CT molecular complexity index is 986. The SMILES string of the molecule is O=C(COC(=O)CNC(=O)c1ccc(Cl)cc1Cl)Nc1cc([N+](=O)[O-])ccc1F. The number of carbonyl (C=O) groups is 3. The molecule has 0 aliphatic heterocycles. The van der Waals surface area contributed by atoms with Crippen molar-refractivity contribution < 1.29 is 28.4 Å². The van der Waals surface area contributed by atoms with Gasteiger partial charge in [0.05, 0.1) is 21.2 Å². The van der Waals surface area contributed by atoms with Crippen LogP contribution in [0.4, 0.5) is 15.8 Å². The minimum Gasteiger partial charge on any atom is -0.454 e. The summed E-state index contributed by atoms with van der Waals surface area (Å²) in [6.45, 7) is -1.35. The number of nitro groups is 1. The summed E-state index contributed by atoms with van der Waals surface area (Å²) in [6, 6.07) is 6.74. The second-order valence-corrected chi connectivity index (χ2v) is 6.28. The van der Waals surface area contributed by atoms with Crippen LogP contribution in [0.25, 0.3) is 0 Å². The summed E-state index contributed by atoms with van der Waals surface area (Å²) in [6.07, 6.45) is 0. The van der Waals surface area contributed by atoms with Crippen molar-refractivity contribution in [3.05, 3.63) is 67.9 Å². The molecule has 2 aromatic carbocycles. The lowest BCUT2D eigenvalue weighted by molar-refractivity contribution is -0.384. The molecule has 2 amide bonds. The van der Waals surface area contributed by atoms with Crippen molar-refractivity contribution in [2.75, 3.05) is 18.5 Å². The number of amides is 2. The molecule has 9 nitrogen and oxygen atoms in total. The first kappa shape index (κ1) is 22.1. The number of nitro benzene ring substituents is 1. The number of halogens is 3. The lowest BCUT2D eigenvalue weighted by Crippen LogP contribution is -2.32. The molecule has 152 valence electrons. The van der Waals surface area contributed by atoms with Crippen LogP contribution in [-0.2, 0) is 14.3 Å². The number of hydrogen-bond acceptors (Lipinski definition) is 6. The summed E-state index contributed by atoms with van der Waals surface area (Å²) in [5.74, 6) is -3.43. The largest absolute Gasteiger partial charge is 0.454 e. The molecule has 0 heterocycles. The molecule has 0 radical (unpaired) electrons.